The SMILES string of the molecule is COc1ccc(OCc2noc(C)n2)c(C(=O)O)c1. The predicted octanol–water partition coefficient (Wildman–Crippen LogP) is 1.66. The van der Waals surface area contributed by atoms with Crippen molar-refractivity contribution < 1.29 is 23.9 Å². The number of aromatic nitrogens is 2. The number of nitrogens with zero attached hydrogens (tertiary/aromatic N) is 2. The van der Waals surface area contributed by atoms with Crippen molar-refractivity contribution in [2.24, 2.45) is 0 Å². The van der Waals surface area contributed by atoms with Crippen LogP contribution >= 0.6 is 0 Å². The Morgan fingerprint density at radius 2 is 2.26 bits per heavy atom. The van der Waals surface area contributed by atoms with E-state index < -0.39 is 5.97 Å². The maximum absolute atomic E-state index is 11.1. The lowest BCUT2D eigenvalue weighted by molar-refractivity contribution is 0.0691. The molecule has 0 aliphatic heterocycles. The van der Waals surface area contributed by atoms with E-state index in [1.54, 1.807) is 13.0 Å². The van der Waals surface area contributed by atoms with Crippen molar-refractivity contribution in [1.29, 1.82) is 0 Å². The average molecular weight is 264 g/mol. The van der Waals surface area contributed by atoms with Crippen LogP contribution in [0.2, 0.25) is 0 Å². The summed E-state index contributed by atoms with van der Waals surface area (Å²) in [7, 11) is 1.46. The van der Waals surface area contributed by atoms with E-state index in [1.807, 2.05) is 0 Å². The van der Waals surface area contributed by atoms with E-state index in [2.05, 4.69) is 10.1 Å². The smallest absolute Gasteiger partial charge is 0.339 e. The Bertz CT molecular complexity index is 594. The third kappa shape index (κ3) is 3.01. The van der Waals surface area contributed by atoms with Crippen LogP contribution in [0.25, 0.3) is 0 Å². The summed E-state index contributed by atoms with van der Waals surface area (Å²) in [4.78, 5) is 15.1. The van der Waals surface area contributed by atoms with Gasteiger partial charge in [-0.25, -0.2) is 4.79 Å². The van der Waals surface area contributed by atoms with E-state index in [-0.39, 0.29) is 17.9 Å². The lowest BCUT2D eigenvalue weighted by Gasteiger charge is -2.08. The molecule has 0 atom stereocenters. The van der Waals surface area contributed by atoms with Crippen LogP contribution in [0.5, 0.6) is 11.5 Å². The lowest BCUT2D eigenvalue weighted by Crippen LogP contribution is -2.04. The van der Waals surface area contributed by atoms with Gasteiger partial charge in [0.2, 0.25) is 11.7 Å². The summed E-state index contributed by atoms with van der Waals surface area (Å²) < 4.78 is 15.1. The number of aromatic carboxylic acids is 1. The summed E-state index contributed by atoms with van der Waals surface area (Å²) in [6, 6.07) is 4.53. The van der Waals surface area contributed by atoms with Crippen LogP contribution in [0, 0.1) is 6.92 Å². The van der Waals surface area contributed by atoms with E-state index in [1.165, 1.54) is 19.2 Å². The molecule has 1 heterocycles. The number of hydrogen-bond donors (Lipinski definition) is 1. The fourth-order valence-electron chi connectivity index (χ4n) is 1.47. The van der Waals surface area contributed by atoms with Crippen LogP contribution in [-0.2, 0) is 6.61 Å². The highest BCUT2D eigenvalue weighted by Gasteiger charge is 2.14. The van der Waals surface area contributed by atoms with Crippen molar-refractivity contribution in [3.8, 4) is 11.5 Å². The van der Waals surface area contributed by atoms with Crippen LogP contribution in [0.3, 0.4) is 0 Å². The molecule has 0 aliphatic rings. The van der Waals surface area contributed by atoms with E-state index in [0.29, 0.717) is 17.5 Å². The van der Waals surface area contributed by atoms with Gasteiger partial charge in [-0.1, -0.05) is 5.16 Å². The van der Waals surface area contributed by atoms with Crippen molar-refractivity contribution in [1.82, 2.24) is 10.1 Å². The molecule has 19 heavy (non-hydrogen) atoms. The minimum absolute atomic E-state index is 0.0135. The number of carbonyl (C=O) groups is 1. The zero-order valence-corrected chi connectivity index (χ0v) is 10.4. The van der Waals surface area contributed by atoms with Gasteiger partial charge in [0.25, 0.3) is 0 Å². The molecule has 0 spiro atoms. The number of carboxylic acid groups (broad SMARTS) is 1. The molecular weight excluding hydrogens is 252 g/mol. The second-order valence-electron chi connectivity index (χ2n) is 3.69. The minimum Gasteiger partial charge on any atom is -0.497 e. The number of methoxy groups -OCH3 is 1. The maximum atomic E-state index is 11.1. The van der Waals surface area contributed by atoms with Gasteiger partial charge in [-0.15, -0.1) is 0 Å². The third-order valence-corrected chi connectivity index (χ3v) is 2.34. The second-order valence-corrected chi connectivity index (χ2v) is 3.69. The molecule has 0 unspecified atom stereocenters. The molecule has 0 bridgehead atoms. The highest BCUT2D eigenvalue weighted by molar-refractivity contribution is 5.91. The number of aryl methyl sites for hydroxylation is 1. The molecular formula is C12H12N2O5. The van der Waals surface area contributed by atoms with Gasteiger partial charge in [-0.2, -0.15) is 4.98 Å². The highest BCUT2D eigenvalue weighted by Crippen LogP contribution is 2.24. The lowest BCUT2D eigenvalue weighted by atomic mass is 10.2. The fourth-order valence-corrected chi connectivity index (χ4v) is 1.47. The third-order valence-electron chi connectivity index (χ3n) is 2.34. The maximum Gasteiger partial charge on any atom is 0.339 e. The van der Waals surface area contributed by atoms with Crippen LogP contribution in [-0.4, -0.2) is 28.3 Å². The molecule has 2 rings (SSSR count). The molecule has 0 fully saturated rings. The predicted molar refractivity (Wildman–Crippen MR) is 63.3 cm³/mol. The minimum atomic E-state index is -1.10. The number of hydrogen-bond acceptors (Lipinski definition) is 6. The van der Waals surface area contributed by atoms with Gasteiger partial charge in [-0.3, -0.25) is 0 Å². The van der Waals surface area contributed by atoms with Crippen molar-refractivity contribution in [3.05, 3.63) is 35.5 Å². The molecule has 0 saturated heterocycles. The van der Waals surface area contributed by atoms with Crippen LogP contribution in [0.15, 0.2) is 22.7 Å². The summed E-state index contributed by atoms with van der Waals surface area (Å²) in [5.74, 6) is 0.338. The standard InChI is InChI=1S/C12H12N2O5/c1-7-13-11(14-19-7)6-18-10-4-3-8(17-2)5-9(10)12(15)16/h3-5H,6H2,1-2H3,(H,15,16). The van der Waals surface area contributed by atoms with Crippen LogP contribution < -0.4 is 9.47 Å². The molecule has 1 aromatic heterocycles. The second kappa shape index (κ2) is 5.38. The van der Waals surface area contributed by atoms with E-state index in [0.717, 1.165) is 0 Å². The molecule has 7 heteroatoms. The molecule has 0 amide bonds. The Labute approximate surface area is 108 Å². The molecule has 7 nitrogen and oxygen atoms in total. The van der Waals surface area contributed by atoms with Crippen molar-refractivity contribution in [2.75, 3.05) is 7.11 Å². The van der Waals surface area contributed by atoms with Crippen molar-refractivity contribution in [2.45, 2.75) is 13.5 Å². The summed E-state index contributed by atoms with van der Waals surface area (Å²) in [6.07, 6.45) is 0. The Morgan fingerprint density at radius 1 is 1.47 bits per heavy atom. The monoisotopic (exact) mass is 264 g/mol. The fraction of sp³-hybridized carbons (Fsp3) is 0.250. The normalized spacial score (nSPS) is 10.2. The zero-order valence-electron chi connectivity index (χ0n) is 10.4. The molecule has 0 aliphatic carbocycles. The molecule has 1 N–H and O–H groups in total. The summed E-state index contributed by atoms with van der Waals surface area (Å²) in [6.45, 7) is 1.69. The Hall–Kier alpha value is -2.57. The Kier molecular flexibility index (Phi) is 3.65. The van der Waals surface area contributed by atoms with Crippen LogP contribution in [0.4, 0.5) is 0 Å². The number of ether oxygens (including phenoxy) is 2. The van der Waals surface area contributed by atoms with Gasteiger partial charge in [0.15, 0.2) is 6.61 Å². The quantitative estimate of drug-likeness (QED) is 0.877. The van der Waals surface area contributed by atoms with Crippen molar-refractivity contribution >= 4 is 5.97 Å². The van der Waals surface area contributed by atoms with Gasteiger partial charge in [0.1, 0.15) is 17.1 Å². The Morgan fingerprint density at radius 3 is 2.84 bits per heavy atom. The molecule has 1 aromatic carbocycles. The summed E-state index contributed by atoms with van der Waals surface area (Å²) >= 11 is 0. The van der Waals surface area contributed by atoms with Crippen LogP contribution in [0.1, 0.15) is 22.1 Å². The van der Waals surface area contributed by atoms with E-state index in [4.69, 9.17) is 19.1 Å². The molecule has 2 aromatic rings. The van der Waals surface area contributed by atoms with E-state index >= 15 is 0 Å². The number of carboxylic acids is 1. The number of rotatable bonds is 5. The first kappa shape index (κ1) is 12.9. The van der Waals surface area contributed by atoms with E-state index in [9.17, 15) is 4.79 Å². The Balaban J connectivity index is 2.17. The van der Waals surface area contributed by atoms with Crippen molar-refractivity contribution in [3.63, 3.8) is 0 Å². The topological polar surface area (TPSA) is 94.7 Å². The van der Waals surface area contributed by atoms with Gasteiger partial charge >= 0.3 is 5.97 Å². The molecule has 0 saturated carbocycles. The molecule has 100 valence electrons. The highest BCUT2D eigenvalue weighted by atomic mass is 16.5. The van der Waals surface area contributed by atoms with Gasteiger partial charge in [0, 0.05) is 6.92 Å². The number of benzene rings is 1. The zero-order chi connectivity index (χ0) is 13.8. The summed E-state index contributed by atoms with van der Waals surface area (Å²) in [5, 5.41) is 12.8. The van der Waals surface area contributed by atoms with Gasteiger partial charge < -0.3 is 19.1 Å². The van der Waals surface area contributed by atoms with Gasteiger partial charge in [0.05, 0.1) is 7.11 Å². The summed E-state index contributed by atoms with van der Waals surface area (Å²) in [5.41, 5.74) is 0.0135. The average Bonchev–Trinajstić information content (AvgIpc) is 2.82. The first-order valence-corrected chi connectivity index (χ1v) is 5.43. The van der Waals surface area contributed by atoms with Gasteiger partial charge in [-0.05, 0) is 18.2 Å². The first-order valence-electron chi connectivity index (χ1n) is 5.43. The first-order chi connectivity index (χ1) is 9.10. The largest absolute Gasteiger partial charge is 0.497 e. The molecule has 0 radical (unpaired) electrons.